The molecule has 25 heavy (non-hydrogen) atoms. The van der Waals surface area contributed by atoms with Gasteiger partial charge in [0.1, 0.15) is 0 Å². The van der Waals surface area contributed by atoms with Crippen molar-refractivity contribution in [2.24, 2.45) is 4.99 Å². The summed E-state index contributed by atoms with van der Waals surface area (Å²) >= 11 is 6.12. The van der Waals surface area contributed by atoms with Gasteiger partial charge in [-0.25, -0.2) is 9.79 Å². The predicted octanol–water partition coefficient (Wildman–Crippen LogP) is 4.09. The Bertz CT molecular complexity index is 873. The number of hydrogen-bond acceptors (Lipinski definition) is 5. The van der Waals surface area contributed by atoms with Gasteiger partial charge in [-0.1, -0.05) is 29.8 Å². The number of carbonyl (C=O) groups is 1. The standard InChI is InChI=1S/C19H16ClNO4/c1-3-24-16-9-8-12(11-17(16)23-2)10-15-19(22)25-18(21-15)13-6-4-5-7-14(13)20/h4-11H,3H2,1-2H3/b15-10-. The molecule has 1 heterocycles. The second-order valence-corrected chi connectivity index (χ2v) is 5.57. The van der Waals surface area contributed by atoms with Gasteiger partial charge in [-0.15, -0.1) is 0 Å². The second-order valence-electron chi connectivity index (χ2n) is 5.16. The van der Waals surface area contributed by atoms with Gasteiger partial charge in [0.05, 0.1) is 24.3 Å². The van der Waals surface area contributed by atoms with Gasteiger partial charge in [0.2, 0.25) is 5.90 Å². The van der Waals surface area contributed by atoms with Crippen molar-refractivity contribution in [1.82, 2.24) is 0 Å². The van der Waals surface area contributed by atoms with Crippen LogP contribution >= 0.6 is 11.6 Å². The molecule has 0 saturated heterocycles. The first-order valence-corrected chi connectivity index (χ1v) is 8.08. The number of methoxy groups -OCH3 is 1. The van der Waals surface area contributed by atoms with Crippen molar-refractivity contribution in [3.63, 3.8) is 0 Å². The highest BCUT2D eigenvalue weighted by molar-refractivity contribution is 6.34. The zero-order chi connectivity index (χ0) is 17.8. The molecule has 0 spiro atoms. The average molecular weight is 358 g/mol. The van der Waals surface area contributed by atoms with E-state index in [0.717, 1.165) is 5.56 Å². The van der Waals surface area contributed by atoms with Gasteiger partial charge in [0.15, 0.2) is 17.2 Å². The van der Waals surface area contributed by atoms with Crippen molar-refractivity contribution >= 4 is 29.5 Å². The second kappa shape index (κ2) is 7.40. The van der Waals surface area contributed by atoms with Crippen LogP contribution in [-0.2, 0) is 9.53 Å². The number of halogens is 1. The summed E-state index contributed by atoms with van der Waals surface area (Å²) in [6.07, 6.45) is 1.63. The summed E-state index contributed by atoms with van der Waals surface area (Å²) in [5, 5.41) is 0.470. The lowest BCUT2D eigenvalue weighted by molar-refractivity contribution is -0.129. The third kappa shape index (κ3) is 3.67. The van der Waals surface area contributed by atoms with E-state index in [0.29, 0.717) is 28.7 Å². The molecule has 0 atom stereocenters. The Labute approximate surface area is 150 Å². The summed E-state index contributed by atoms with van der Waals surface area (Å²) in [4.78, 5) is 16.4. The van der Waals surface area contributed by atoms with Crippen molar-refractivity contribution in [3.05, 3.63) is 64.3 Å². The number of benzene rings is 2. The number of hydrogen-bond donors (Lipinski definition) is 0. The molecule has 2 aromatic rings. The summed E-state index contributed by atoms with van der Waals surface area (Å²) in [5.41, 5.74) is 1.52. The highest BCUT2D eigenvalue weighted by atomic mass is 35.5. The fourth-order valence-corrected chi connectivity index (χ4v) is 2.58. The Hall–Kier alpha value is -2.79. The first-order chi connectivity index (χ1) is 12.1. The van der Waals surface area contributed by atoms with Gasteiger partial charge in [0, 0.05) is 0 Å². The van der Waals surface area contributed by atoms with Crippen molar-refractivity contribution in [2.75, 3.05) is 13.7 Å². The van der Waals surface area contributed by atoms with Crippen LogP contribution in [0.3, 0.4) is 0 Å². The maximum absolute atomic E-state index is 12.1. The van der Waals surface area contributed by atoms with Crippen LogP contribution in [0.25, 0.3) is 6.08 Å². The molecule has 0 aromatic heterocycles. The van der Waals surface area contributed by atoms with Crippen LogP contribution in [0.1, 0.15) is 18.1 Å². The van der Waals surface area contributed by atoms with Gasteiger partial charge >= 0.3 is 5.97 Å². The van der Waals surface area contributed by atoms with Gasteiger partial charge in [0.25, 0.3) is 0 Å². The molecule has 0 radical (unpaired) electrons. The van der Waals surface area contributed by atoms with Gasteiger partial charge in [-0.2, -0.15) is 0 Å². The molecule has 3 rings (SSSR count). The molecule has 128 valence electrons. The Morgan fingerprint density at radius 1 is 1.20 bits per heavy atom. The molecule has 0 aliphatic carbocycles. The highest BCUT2D eigenvalue weighted by Gasteiger charge is 2.25. The Balaban J connectivity index is 1.93. The Morgan fingerprint density at radius 3 is 2.72 bits per heavy atom. The van der Waals surface area contributed by atoms with Crippen molar-refractivity contribution in [3.8, 4) is 11.5 Å². The number of aliphatic imine (C=N–C) groups is 1. The van der Waals surface area contributed by atoms with E-state index < -0.39 is 5.97 Å². The summed E-state index contributed by atoms with van der Waals surface area (Å²) in [6.45, 7) is 2.43. The van der Waals surface area contributed by atoms with Crippen LogP contribution in [0, 0.1) is 0 Å². The van der Waals surface area contributed by atoms with Crippen molar-refractivity contribution in [2.45, 2.75) is 6.92 Å². The first-order valence-electron chi connectivity index (χ1n) is 7.70. The quantitative estimate of drug-likeness (QED) is 0.597. The van der Waals surface area contributed by atoms with Crippen LogP contribution < -0.4 is 9.47 Å². The zero-order valence-corrected chi connectivity index (χ0v) is 14.5. The lowest BCUT2D eigenvalue weighted by Gasteiger charge is -2.09. The largest absolute Gasteiger partial charge is 0.493 e. The molecular weight excluding hydrogens is 342 g/mol. The molecule has 2 aromatic carbocycles. The van der Waals surface area contributed by atoms with Crippen LogP contribution in [0.15, 0.2) is 53.2 Å². The number of carbonyl (C=O) groups excluding carboxylic acids is 1. The number of nitrogens with zero attached hydrogens (tertiary/aromatic N) is 1. The third-order valence-electron chi connectivity index (χ3n) is 3.52. The summed E-state index contributed by atoms with van der Waals surface area (Å²) < 4.78 is 16.0. The van der Waals surface area contributed by atoms with E-state index in [-0.39, 0.29) is 11.6 Å². The SMILES string of the molecule is CCOc1ccc(/C=C2\N=C(c3ccccc3Cl)OC2=O)cc1OC. The van der Waals surface area contributed by atoms with Crippen molar-refractivity contribution < 1.29 is 19.0 Å². The zero-order valence-electron chi connectivity index (χ0n) is 13.8. The molecule has 0 saturated carbocycles. The van der Waals surface area contributed by atoms with Gasteiger partial charge in [-0.3, -0.25) is 0 Å². The van der Waals surface area contributed by atoms with E-state index >= 15 is 0 Å². The summed E-state index contributed by atoms with van der Waals surface area (Å²) in [5.74, 6) is 0.891. The van der Waals surface area contributed by atoms with Gasteiger partial charge < -0.3 is 14.2 Å². The van der Waals surface area contributed by atoms with E-state index in [2.05, 4.69) is 4.99 Å². The smallest absolute Gasteiger partial charge is 0.363 e. The lowest BCUT2D eigenvalue weighted by Crippen LogP contribution is -2.05. The minimum absolute atomic E-state index is 0.194. The molecule has 0 amide bonds. The molecule has 6 heteroatoms. The summed E-state index contributed by atoms with van der Waals surface area (Å²) in [7, 11) is 1.56. The van der Waals surface area contributed by atoms with E-state index in [1.807, 2.05) is 13.0 Å². The van der Waals surface area contributed by atoms with E-state index in [9.17, 15) is 4.79 Å². The number of esters is 1. The molecule has 1 aliphatic rings. The van der Waals surface area contributed by atoms with E-state index in [1.165, 1.54) is 0 Å². The number of cyclic esters (lactones) is 1. The normalized spacial score (nSPS) is 15.1. The topological polar surface area (TPSA) is 57.1 Å². The minimum Gasteiger partial charge on any atom is -0.493 e. The number of rotatable bonds is 5. The molecular formula is C19H16ClNO4. The maximum Gasteiger partial charge on any atom is 0.363 e. The van der Waals surface area contributed by atoms with Gasteiger partial charge in [-0.05, 0) is 42.8 Å². The monoisotopic (exact) mass is 357 g/mol. The Morgan fingerprint density at radius 2 is 2.00 bits per heavy atom. The first kappa shape index (κ1) is 17.0. The predicted molar refractivity (Wildman–Crippen MR) is 96.2 cm³/mol. The summed E-state index contributed by atoms with van der Waals surface area (Å²) in [6, 6.07) is 12.4. The fraction of sp³-hybridized carbons (Fsp3) is 0.158. The molecule has 0 fully saturated rings. The maximum atomic E-state index is 12.1. The van der Waals surface area contributed by atoms with Crippen LogP contribution in [0.4, 0.5) is 0 Å². The van der Waals surface area contributed by atoms with E-state index in [4.69, 9.17) is 25.8 Å². The van der Waals surface area contributed by atoms with Crippen molar-refractivity contribution in [1.29, 1.82) is 0 Å². The highest BCUT2D eigenvalue weighted by Crippen LogP contribution is 2.30. The minimum atomic E-state index is -0.525. The van der Waals surface area contributed by atoms with E-state index in [1.54, 1.807) is 49.6 Å². The molecule has 0 N–H and O–H groups in total. The van der Waals surface area contributed by atoms with Crippen LogP contribution in [-0.4, -0.2) is 25.6 Å². The average Bonchev–Trinajstić information content (AvgIpc) is 2.97. The Kier molecular flexibility index (Phi) is 5.05. The molecule has 5 nitrogen and oxygen atoms in total. The fourth-order valence-electron chi connectivity index (χ4n) is 2.37. The van der Waals surface area contributed by atoms with Crippen LogP contribution in [0.2, 0.25) is 5.02 Å². The molecule has 1 aliphatic heterocycles. The number of ether oxygens (including phenoxy) is 3. The molecule has 0 unspecified atom stereocenters. The third-order valence-corrected chi connectivity index (χ3v) is 3.85. The lowest BCUT2D eigenvalue weighted by atomic mass is 10.1. The molecule has 0 bridgehead atoms. The van der Waals surface area contributed by atoms with Crippen LogP contribution in [0.5, 0.6) is 11.5 Å².